The summed E-state index contributed by atoms with van der Waals surface area (Å²) < 4.78 is 28.8. The van der Waals surface area contributed by atoms with Gasteiger partial charge in [-0.3, -0.25) is 14.9 Å². The molecule has 140 valence electrons. The number of hydrogen-bond acceptors (Lipinski definition) is 3. The fraction of sp³-hybridized carbons (Fsp3) is 0.500. The fourth-order valence-corrected chi connectivity index (χ4v) is 3.68. The first-order valence-electron chi connectivity index (χ1n) is 8.44. The fourth-order valence-electron chi connectivity index (χ4n) is 3.68. The van der Waals surface area contributed by atoms with Crippen molar-refractivity contribution in [1.29, 1.82) is 0 Å². The first-order valence-corrected chi connectivity index (χ1v) is 8.44. The van der Waals surface area contributed by atoms with Crippen LogP contribution in [0.1, 0.15) is 43.2 Å². The minimum absolute atomic E-state index is 0.0326. The van der Waals surface area contributed by atoms with E-state index in [4.69, 9.17) is 5.11 Å². The molecule has 3 rings (SSSR count). The van der Waals surface area contributed by atoms with Crippen LogP contribution in [-0.4, -0.2) is 46.9 Å². The van der Waals surface area contributed by atoms with Crippen molar-refractivity contribution in [2.75, 3.05) is 13.1 Å². The Labute approximate surface area is 149 Å². The number of amides is 3. The van der Waals surface area contributed by atoms with Crippen molar-refractivity contribution in [2.24, 2.45) is 0 Å². The Hall–Kier alpha value is -2.51. The van der Waals surface area contributed by atoms with E-state index in [1.165, 1.54) is 0 Å². The second kappa shape index (κ2) is 6.34. The number of halogens is 2. The number of likely N-dealkylation sites (tertiary alicyclic amines) is 1. The van der Waals surface area contributed by atoms with Gasteiger partial charge in [0.05, 0.1) is 17.9 Å². The number of piperidine rings is 2. The van der Waals surface area contributed by atoms with E-state index in [0.717, 1.165) is 4.90 Å². The molecule has 1 aromatic carbocycles. The van der Waals surface area contributed by atoms with Gasteiger partial charge >= 0.3 is 6.09 Å². The summed E-state index contributed by atoms with van der Waals surface area (Å²) in [6, 6.07) is 6.42. The largest absolute Gasteiger partial charge is 0.465 e. The molecule has 6 nitrogen and oxygen atoms in total. The maximum Gasteiger partial charge on any atom is 0.407 e. The third kappa shape index (κ3) is 3.15. The Bertz CT molecular complexity index is 750. The van der Waals surface area contributed by atoms with Crippen LogP contribution in [0.15, 0.2) is 24.3 Å². The molecule has 0 radical (unpaired) electrons. The molecule has 2 fully saturated rings. The maximum atomic E-state index is 14.4. The highest BCUT2D eigenvalue weighted by Gasteiger charge is 2.47. The minimum atomic E-state index is -3.16. The second-order valence-electron chi connectivity index (χ2n) is 7.14. The molecule has 2 atom stereocenters. The van der Waals surface area contributed by atoms with Gasteiger partial charge in [0.1, 0.15) is 0 Å². The van der Waals surface area contributed by atoms with E-state index in [0.29, 0.717) is 17.5 Å². The van der Waals surface area contributed by atoms with Crippen LogP contribution < -0.4 is 5.32 Å². The van der Waals surface area contributed by atoms with Gasteiger partial charge in [-0.25, -0.2) is 13.6 Å². The molecule has 0 saturated carbocycles. The number of nitrogens with zero attached hydrogens (tertiary/aromatic N) is 1. The molecule has 3 amide bonds. The first kappa shape index (κ1) is 18.3. The van der Waals surface area contributed by atoms with Crippen molar-refractivity contribution in [3.05, 3.63) is 35.4 Å². The molecule has 1 aromatic rings. The van der Waals surface area contributed by atoms with Crippen LogP contribution in [0.5, 0.6) is 0 Å². The number of carboxylic acid groups (broad SMARTS) is 1. The zero-order valence-corrected chi connectivity index (χ0v) is 14.3. The molecule has 0 spiro atoms. The Morgan fingerprint density at radius 1 is 1.27 bits per heavy atom. The molecule has 1 unspecified atom stereocenters. The SMILES string of the molecule is C[C@]1(c2ccc(C3CCN(C(=O)O)CC3(F)F)cc2)CCC(=O)NC1=O. The predicted molar refractivity (Wildman–Crippen MR) is 88.1 cm³/mol. The minimum Gasteiger partial charge on any atom is -0.465 e. The Morgan fingerprint density at radius 3 is 2.46 bits per heavy atom. The van der Waals surface area contributed by atoms with Gasteiger partial charge in [0.25, 0.3) is 5.92 Å². The molecular weight excluding hydrogens is 346 g/mol. The number of imide groups is 1. The predicted octanol–water partition coefficient (Wildman–Crippen LogP) is 2.48. The third-order valence-electron chi connectivity index (χ3n) is 5.43. The Morgan fingerprint density at radius 2 is 1.92 bits per heavy atom. The van der Waals surface area contributed by atoms with Crippen LogP contribution in [0, 0.1) is 0 Å². The van der Waals surface area contributed by atoms with E-state index in [-0.39, 0.29) is 31.2 Å². The van der Waals surface area contributed by atoms with E-state index in [1.807, 2.05) is 0 Å². The summed E-state index contributed by atoms with van der Waals surface area (Å²) in [4.78, 5) is 35.2. The highest BCUT2D eigenvalue weighted by Crippen LogP contribution is 2.41. The van der Waals surface area contributed by atoms with E-state index < -0.39 is 29.9 Å². The van der Waals surface area contributed by atoms with Crippen LogP contribution in [0.25, 0.3) is 0 Å². The monoisotopic (exact) mass is 366 g/mol. The molecule has 2 saturated heterocycles. The van der Waals surface area contributed by atoms with Gasteiger partial charge in [0.15, 0.2) is 0 Å². The summed E-state index contributed by atoms with van der Waals surface area (Å²) in [5.41, 5.74) is 0.207. The van der Waals surface area contributed by atoms with Gasteiger partial charge in [-0.05, 0) is 30.9 Å². The van der Waals surface area contributed by atoms with Crippen LogP contribution in [0.2, 0.25) is 0 Å². The van der Waals surface area contributed by atoms with Crippen molar-refractivity contribution in [3.63, 3.8) is 0 Å². The van der Waals surface area contributed by atoms with Crippen LogP contribution in [0.3, 0.4) is 0 Å². The number of carbonyl (C=O) groups excluding carboxylic acids is 2. The molecule has 2 aliphatic rings. The highest BCUT2D eigenvalue weighted by molar-refractivity contribution is 6.03. The number of rotatable bonds is 2. The number of hydrogen-bond donors (Lipinski definition) is 2. The molecule has 8 heteroatoms. The lowest BCUT2D eigenvalue weighted by atomic mass is 9.75. The molecule has 0 aromatic heterocycles. The van der Waals surface area contributed by atoms with Gasteiger partial charge < -0.3 is 10.0 Å². The average Bonchev–Trinajstić information content (AvgIpc) is 2.58. The quantitative estimate of drug-likeness (QED) is 0.788. The summed E-state index contributed by atoms with van der Waals surface area (Å²) in [5.74, 6) is -4.92. The van der Waals surface area contributed by atoms with E-state index in [9.17, 15) is 23.2 Å². The number of nitrogens with one attached hydrogen (secondary N) is 1. The van der Waals surface area contributed by atoms with Gasteiger partial charge in [-0.2, -0.15) is 0 Å². The van der Waals surface area contributed by atoms with E-state index >= 15 is 0 Å². The molecule has 0 aliphatic carbocycles. The molecule has 2 N–H and O–H groups in total. The molecule has 2 heterocycles. The summed E-state index contributed by atoms with van der Waals surface area (Å²) >= 11 is 0. The van der Waals surface area contributed by atoms with E-state index in [2.05, 4.69) is 5.32 Å². The topological polar surface area (TPSA) is 86.7 Å². The van der Waals surface area contributed by atoms with Crippen molar-refractivity contribution in [2.45, 2.75) is 43.4 Å². The smallest absolute Gasteiger partial charge is 0.407 e. The van der Waals surface area contributed by atoms with Crippen molar-refractivity contribution >= 4 is 17.9 Å². The highest BCUT2D eigenvalue weighted by atomic mass is 19.3. The molecular formula is C18H20F2N2O4. The number of alkyl halides is 2. The summed E-state index contributed by atoms with van der Waals surface area (Å²) in [6.07, 6.45) is -0.714. The molecule has 0 bridgehead atoms. The molecule has 2 aliphatic heterocycles. The lowest BCUT2D eigenvalue weighted by Crippen LogP contribution is -2.50. The normalized spacial score (nSPS) is 28.6. The number of benzene rings is 1. The van der Waals surface area contributed by atoms with Gasteiger partial charge in [-0.1, -0.05) is 24.3 Å². The summed E-state index contributed by atoms with van der Waals surface area (Å²) in [7, 11) is 0. The van der Waals surface area contributed by atoms with E-state index in [1.54, 1.807) is 31.2 Å². The summed E-state index contributed by atoms with van der Waals surface area (Å²) in [6.45, 7) is 0.959. The lowest BCUT2D eigenvalue weighted by molar-refractivity contribution is -0.137. The van der Waals surface area contributed by atoms with Crippen LogP contribution >= 0.6 is 0 Å². The summed E-state index contributed by atoms with van der Waals surface area (Å²) in [5, 5.41) is 11.2. The Kier molecular flexibility index (Phi) is 4.46. The first-order chi connectivity index (χ1) is 12.1. The van der Waals surface area contributed by atoms with Gasteiger partial charge in [0.2, 0.25) is 11.8 Å². The average molecular weight is 366 g/mol. The lowest BCUT2D eigenvalue weighted by Gasteiger charge is -2.37. The van der Waals surface area contributed by atoms with Gasteiger partial charge in [0, 0.05) is 13.0 Å². The standard InChI is InChI=1S/C18H20F2N2O4/c1-17(8-6-14(23)21-15(17)24)12-4-2-11(3-5-12)13-7-9-22(16(25)26)10-18(13,19)20/h2-5,13H,6-10H2,1H3,(H,25,26)(H,21,23,24)/t13?,17-/m1/s1. The van der Waals surface area contributed by atoms with Gasteiger partial charge in [-0.15, -0.1) is 0 Å². The van der Waals surface area contributed by atoms with Crippen LogP contribution in [0.4, 0.5) is 13.6 Å². The number of carbonyl (C=O) groups is 3. The van der Waals surface area contributed by atoms with Crippen LogP contribution in [-0.2, 0) is 15.0 Å². The molecule has 26 heavy (non-hydrogen) atoms. The van der Waals surface area contributed by atoms with Crippen molar-refractivity contribution in [3.8, 4) is 0 Å². The second-order valence-corrected chi connectivity index (χ2v) is 7.14. The Balaban J connectivity index is 1.81. The third-order valence-corrected chi connectivity index (χ3v) is 5.43. The maximum absolute atomic E-state index is 14.4. The zero-order chi connectivity index (χ0) is 19.1. The van der Waals surface area contributed by atoms with Crippen molar-refractivity contribution < 1.29 is 28.3 Å². The van der Waals surface area contributed by atoms with Crippen molar-refractivity contribution in [1.82, 2.24) is 10.2 Å². The zero-order valence-electron chi connectivity index (χ0n) is 14.3.